The molecule has 1 N–H and O–H groups in total. The molecule has 8 nitrogen and oxygen atoms in total. The molecule has 0 fully saturated rings. The fraction of sp³-hybridized carbons (Fsp3) is 0.536. The first kappa shape index (κ1) is 27.6. The van der Waals surface area contributed by atoms with E-state index in [-0.39, 0.29) is 17.6 Å². The molecule has 3 aromatic rings. The fourth-order valence-electron chi connectivity index (χ4n) is 4.32. The lowest BCUT2D eigenvalue weighted by atomic mass is 9.94. The van der Waals surface area contributed by atoms with Gasteiger partial charge in [0.05, 0.1) is 35.7 Å². The van der Waals surface area contributed by atoms with Crippen molar-refractivity contribution in [1.29, 1.82) is 0 Å². The molecule has 0 aliphatic carbocycles. The van der Waals surface area contributed by atoms with Crippen LogP contribution in [0, 0.1) is 12.8 Å². The van der Waals surface area contributed by atoms with Crippen LogP contribution in [0.25, 0.3) is 22.4 Å². The fourth-order valence-corrected chi connectivity index (χ4v) is 4.32. The number of hydrogen-bond donors (Lipinski definition) is 1. The molecule has 1 unspecified atom stereocenters. The number of rotatable bonds is 9. The second-order valence-corrected chi connectivity index (χ2v) is 10.7. The zero-order valence-electron chi connectivity index (χ0n) is 22.7. The minimum absolute atomic E-state index is 0.0323. The molecule has 1 aromatic carbocycles. The summed E-state index contributed by atoms with van der Waals surface area (Å²) in [5, 5.41) is 10.2. The molecule has 8 heteroatoms. The number of aryl methyl sites for hydroxylation is 3. The average molecular weight is 498 g/mol. The third-order valence-corrected chi connectivity index (χ3v) is 6.31. The number of methoxy groups -OCH3 is 1. The largest absolute Gasteiger partial charge is 0.460 e. The van der Waals surface area contributed by atoms with Crippen LogP contribution in [0.3, 0.4) is 0 Å². The molecular weight excluding hydrogens is 458 g/mol. The molecule has 0 bridgehead atoms. The van der Waals surface area contributed by atoms with E-state index in [4.69, 9.17) is 14.5 Å². The first-order valence-corrected chi connectivity index (χ1v) is 12.4. The number of fused-ring (bicyclic) bond motifs is 1. The van der Waals surface area contributed by atoms with Gasteiger partial charge in [-0.3, -0.25) is 9.59 Å². The first-order valence-electron chi connectivity index (χ1n) is 12.4. The normalized spacial score (nSPS) is 14.6. The van der Waals surface area contributed by atoms with E-state index in [0.29, 0.717) is 24.9 Å². The second-order valence-electron chi connectivity index (χ2n) is 10.7. The molecule has 0 amide bonds. The maximum absolute atomic E-state index is 12.6. The van der Waals surface area contributed by atoms with Crippen LogP contribution in [-0.2, 0) is 34.3 Å². The molecule has 3 rings (SSSR count). The van der Waals surface area contributed by atoms with Crippen molar-refractivity contribution in [3.05, 3.63) is 51.9 Å². The molecule has 0 aliphatic rings. The maximum atomic E-state index is 12.6. The highest BCUT2D eigenvalue weighted by atomic mass is 16.6. The predicted molar refractivity (Wildman–Crippen MR) is 141 cm³/mol. The number of ether oxygens (including phenoxy) is 2. The number of aliphatic hydroxyl groups is 1. The van der Waals surface area contributed by atoms with Crippen LogP contribution in [0.15, 0.2) is 35.3 Å². The van der Waals surface area contributed by atoms with Gasteiger partial charge in [-0.25, -0.2) is 4.98 Å². The van der Waals surface area contributed by atoms with E-state index >= 15 is 0 Å². The smallest absolute Gasteiger partial charge is 0.312 e. The van der Waals surface area contributed by atoms with Crippen LogP contribution in [-0.4, -0.2) is 50.1 Å². The molecule has 2 heterocycles. The Bertz CT molecular complexity index is 1260. The average Bonchev–Trinajstić information content (AvgIpc) is 3.13. The van der Waals surface area contributed by atoms with Gasteiger partial charge < -0.3 is 23.7 Å². The third-order valence-electron chi connectivity index (χ3n) is 6.31. The van der Waals surface area contributed by atoms with Gasteiger partial charge >= 0.3 is 5.97 Å². The Morgan fingerprint density at radius 2 is 1.89 bits per heavy atom. The SMILES string of the molecule is COC(C)Cn1c(-c2cc(C)c(=O)n(C)c2)nc2cc(CC[C@H](C(=O)OC(C)(C)C)[C@@H](C)O)ccc21. The lowest BCUT2D eigenvalue weighted by molar-refractivity contribution is -0.163. The van der Waals surface area contributed by atoms with E-state index in [0.717, 1.165) is 28.0 Å². The van der Waals surface area contributed by atoms with Gasteiger partial charge in [-0.05, 0) is 78.1 Å². The highest BCUT2D eigenvalue weighted by Gasteiger charge is 2.28. The number of imidazole rings is 1. The lowest BCUT2D eigenvalue weighted by Gasteiger charge is -2.25. The zero-order valence-corrected chi connectivity index (χ0v) is 22.7. The quantitative estimate of drug-likeness (QED) is 0.449. The third kappa shape index (κ3) is 6.42. The van der Waals surface area contributed by atoms with Gasteiger partial charge in [0.1, 0.15) is 11.4 Å². The van der Waals surface area contributed by atoms with E-state index in [1.807, 2.05) is 52.0 Å². The van der Waals surface area contributed by atoms with Crippen molar-refractivity contribution in [2.45, 2.75) is 78.7 Å². The van der Waals surface area contributed by atoms with Crippen LogP contribution in [0.4, 0.5) is 0 Å². The van der Waals surface area contributed by atoms with Gasteiger partial charge in [0.2, 0.25) is 0 Å². The Morgan fingerprint density at radius 3 is 2.47 bits per heavy atom. The first-order chi connectivity index (χ1) is 16.8. The van der Waals surface area contributed by atoms with E-state index in [1.165, 1.54) is 0 Å². The van der Waals surface area contributed by atoms with Crippen LogP contribution in [0.5, 0.6) is 0 Å². The minimum atomic E-state index is -0.808. The molecule has 0 spiro atoms. The molecule has 2 aromatic heterocycles. The van der Waals surface area contributed by atoms with Gasteiger partial charge in [0, 0.05) is 31.5 Å². The van der Waals surface area contributed by atoms with Crippen LogP contribution < -0.4 is 5.56 Å². The molecule has 0 aliphatic heterocycles. The summed E-state index contributed by atoms with van der Waals surface area (Å²) in [6.07, 6.45) is 2.03. The summed E-state index contributed by atoms with van der Waals surface area (Å²) < 4.78 is 14.7. The van der Waals surface area contributed by atoms with Gasteiger partial charge in [0.15, 0.2) is 0 Å². The van der Waals surface area contributed by atoms with Crippen LogP contribution in [0.1, 0.15) is 52.2 Å². The van der Waals surface area contributed by atoms with E-state index in [9.17, 15) is 14.7 Å². The monoisotopic (exact) mass is 497 g/mol. The number of aliphatic hydroxyl groups excluding tert-OH is 1. The minimum Gasteiger partial charge on any atom is -0.460 e. The number of carbonyl (C=O) groups excluding carboxylic acids is 1. The van der Waals surface area contributed by atoms with Crippen molar-refractivity contribution >= 4 is 17.0 Å². The summed E-state index contributed by atoms with van der Waals surface area (Å²) in [5.74, 6) is -0.228. The van der Waals surface area contributed by atoms with E-state index < -0.39 is 17.6 Å². The van der Waals surface area contributed by atoms with Crippen LogP contribution in [0.2, 0.25) is 0 Å². The molecule has 36 heavy (non-hydrogen) atoms. The van der Waals surface area contributed by atoms with Gasteiger partial charge in [0.25, 0.3) is 5.56 Å². The zero-order chi connectivity index (χ0) is 26.8. The summed E-state index contributed by atoms with van der Waals surface area (Å²) in [7, 11) is 3.42. The molecular formula is C28H39N3O5. The standard InChI is InChI=1S/C28H39N3O5/c1-17-13-21(16-30(7)26(17)33)25-29-23-14-20(10-12-24(23)31(25)15-18(2)35-8)9-11-22(19(3)32)27(34)36-28(4,5)6/h10,12-14,16,18-19,22,32H,9,11,15H2,1-8H3/t18?,19-,22+/m1/s1. The molecule has 0 saturated carbocycles. The van der Waals surface area contributed by atoms with Gasteiger partial charge in [-0.15, -0.1) is 0 Å². The highest BCUT2D eigenvalue weighted by Crippen LogP contribution is 2.27. The number of aromatic nitrogens is 3. The Kier molecular flexibility index (Phi) is 8.41. The number of carbonyl (C=O) groups is 1. The summed E-state index contributed by atoms with van der Waals surface area (Å²) in [5.41, 5.74) is 3.67. The Balaban J connectivity index is 1.96. The van der Waals surface area contributed by atoms with E-state index in [2.05, 4.69) is 4.57 Å². The number of pyridine rings is 1. The molecule has 0 saturated heterocycles. The Labute approximate surface area is 212 Å². The Hall–Kier alpha value is -2.97. The summed E-state index contributed by atoms with van der Waals surface area (Å²) in [6, 6.07) is 7.95. The van der Waals surface area contributed by atoms with Gasteiger partial charge in [-0.1, -0.05) is 6.07 Å². The molecule has 3 atom stereocenters. The van der Waals surface area contributed by atoms with Crippen LogP contribution >= 0.6 is 0 Å². The second kappa shape index (κ2) is 11.0. The number of benzene rings is 1. The maximum Gasteiger partial charge on any atom is 0.312 e. The lowest BCUT2D eigenvalue weighted by Crippen LogP contribution is -2.34. The van der Waals surface area contributed by atoms with Crippen molar-refractivity contribution in [3.63, 3.8) is 0 Å². The summed E-state index contributed by atoms with van der Waals surface area (Å²) in [6.45, 7) is 11.5. The van der Waals surface area contributed by atoms with Crippen molar-refractivity contribution < 1.29 is 19.4 Å². The van der Waals surface area contributed by atoms with Gasteiger partial charge in [-0.2, -0.15) is 0 Å². The van der Waals surface area contributed by atoms with E-state index in [1.54, 1.807) is 38.8 Å². The topological polar surface area (TPSA) is 95.6 Å². The predicted octanol–water partition coefficient (Wildman–Crippen LogP) is 4.02. The number of hydrogen-bond acceptors (Lipinski definition) is 6. The van der Waals surface area contributed by atoms with Crippen molar-refractivity contribution in [2.75, 3.05) is 7.11 Å². The number of nitrogens with zero attached hydrogens (tertiary/aromatic N) is 3. The summed E-state index contributed by atoms with van der Waals surface area (Å²) in [4.78, 5) is 29.8. The molecule has 0 radical (unpaired) electrons. The molecule has 196 valence electrons. The highest BCUT2D eigenvalue weighted by molar-refractivity contribution is 5.81. The number of esters is 1. The van der Waals surface area contributed by atoms with Crippen molar-refractivity contribution in [1.82, 2.24) is 14.1 Å². The van der Waals surface area contributed by atoms with Crippen molar-refractivity contribution in [2.24, 2.45) is 13.0 Å². The summed E-state index contributed by atoms with van der Waals surface area (Å²) >= 11 is 0. The Morgan fingerprint density at radius 1 is 1.19 bits per heavy atom. The van der Waals surface area contributed by atoms with Crippen molar-refractivity contribution in [3.8, 4) is 11.4 Å².